The van der Waals surface area contributed by atoms with Gasteiger partial charge in [-0.15, -0.1) is 0 Å². The van der Waals surface area contributed by atoms with Gasteiger partial charge in [0.2, 0.25) is 5.91 Å². The quantitative estimate of drug-likeness (QED) is 0.511. The van der Waals surface area contributed by atoms with E-state index in [2.05, 4.69) is 0 Å². The zero-order valence-electron chi connectivity index (χ0n) is 14.4. The summed E-state index contributed by atoms with van der Waals surface area (Å²) in [5.74, 6) is -1.99. The molecule has 0 saturated carbocycles. The molecule has 0 aliphatic rings. The number of amides is 1. The number of carbonyl (C=O) groups excluding carboxylic acids is 2. The molecule has 0 saturated heterocycles. The fourth-order valence-electron chi connectivity index (χ4n) is 2.83. The van der Waals surface area contributed by atoms with E-state index in [1.165, 1.54) is 7.11 Å². The number of rotatable bonds is 5. The largest absolute Gasteiger partial charge is 0.468 e. The number of hydrogen-bond donors (Lipinski definition) is 0. The van der Waals surface area contributed by atoms with E-state index >= 15 is 0 Å². The van der Waals surface area contributed by atoms with Gasteiger partial charge in [-0.1, -0.05) is 66.7 Å². The summed E-state index contributed by atoms with van der Waals surface area (Å²) < 4.78 is 4.92. The first-order valence-electron chi connectivity index (χ1n) is 8.29. The molecule has 3 rings (SSSR count). The molecule has 4 nitrogen and oxygen atoms in total. The monoisotopic (exact) mass is 345 g/mol. The van der Waals surface area contributed by atoms with E-state index in [4.69, 9.17) is 4.74 Å². The van der Waals surface area contributed by atoms with Crippen molar-refractivity contribution in [2.24, 2.45) is 0 Å². The van der Waals surface area contributed by atoms with Gasteiger partial charge < -0.3 is 4.74 Å². The van der Waals surface area contributed by atoms with Crippen LogP contribution in [0.1, 0.15) is 11.5 Å². The highest BCUT2D eigenvalue weighted by Crippen LogP contribution is 2.30. The zero-order chi connectivity index (χ0) is 18.4. The third-order valence-corrected chi connectivity index (χ3v) is 4.07. The van der Waals surface area contributed by atoms with Crippen molar-refractivity contribution < 1.29 is 14.3 Å². The van der Waals surface area contributed by atoms with Crippen LogP contribution in [0.15, 0.2) is 91.0 Å². The van der Waals surface area contributed by atoms with Gasteiger partial charge in [0.1, 0.15) is 0 Å². The first-order valence-corrected chi connectivity index (χ1v) is 8.29. The first-order chi connectivity index (χ1) is 12.7. The normalized spacial score (nSPS) is 11.4. The molecule has 0 unspecified atom stereocenters. The minimum absolute atomic E-state index is 0.361. The van der Waals surface area contributed by atoms with Crippen LogP contribution >= 0.6 is 0 Å². The van der Waals surface area contributed by atoms with Gasteiger partial charge >= 0.3 is 5.97 Å². The van der Waals surface area contributed by atoms with E-state index in [-0.39, 0.29) is 5.91 Å². The summed E-state index contributed by atoms with van der Waals surface area (Å²) in [4.78, 5) is 27.5. The third kappa shape index (κ3) is 3.64. The van der Waals surface area contributed by atoms with Crippen LogP contribution in [0.25, 0.3) is 0 Å². The molecule has 0 aliphatic heterocycles. The number of hydrogen-bond acceptors (Lipinski definition) is 3. The molecule has 0 bridgehead atoms. The second-order valence-electron chi connectivity index (χ2n) is 5.71. The lowest BCUT2D eigenvalue weighted by Gasteiger charge is -2.27. The van der Waals surface area contributed by atoms with E-state index in [1.54, 1.807) is 29.2 Å². The van der Waals surface area contributed by atoms with Gasteiger partial charge in [0, 0.05) is 11.4 Å². The number of methoxy groups -OCH3 is 1. The third-order valence-electron chi connectivity index (χ3n) is 4.07. The maximum Gasteiger partial charge on any atom is 0.322 e. The van der Waals surface area contributed by atoms with Crippen molar-refractivity contribution in [2.75, 3.05) is 12.0 Å². The summed E-state index contributed by atoms with van der Waals surface area (Å²) >= 11 is 0. The van der Waals surface area contributed by atoms with Crippen LogP contribution in [-0.2, 0) is 14.3 Å². The van der Waals surface area contributed by atoms with Crippen LogP contribution in [0.5, 0.6) is 0 Å². The predicted molar refractivity (Wildman–Crippen MR) is 101 cm³/mol. The number of anilines is 2. The summed E-state index contributed by atoms with van der Waals surface area (Å²) in [7, 11) is 1.29. The van der Waals surface area contributed by atoms with Crippen molar-refractivity contribution in [2.45, 2.75) is 5.92 Å². The second kappa shape index (κ2) is 8.12. The van der Waals surface area contributed by atoms with E-state index in [1.807, 2.05) is 66.7 Å². The Hall–Kier alpha value is -3.40. The summed E-state index contributed by atoms with van der Waals surface area (Å²) in [6, 6.07) is 27.5. The van der Waals surface area contributed by atoms with Crippen LogP contribution < -0.4 is 4.90 Å². The molecule has 130 valence electrons. The Morgan fingerprint density at radius 1 is 0.731 bits per heavy atom. The Bertz CT molecular complexity index is 824. The van der Waals surface area contributed by atoms with Gasteiger partial charge in [-0.05, 0) is 29.8 Å². The maximum atomic E-state index is 13.5. The van der Waals surface area contributed by atoms with E-state index < -0.39 is 11.9 Å². The van der Waals surface area contributed by atoms with Crippen molar-refractivity contribution in [1.82, 2.24) is 0 Å². The summed E-state index contributed by atoms with van der Waals surface area (Å²) in [6.45, 7) is 0. The highest BCUT2D eigenvalue weighted by atomic mass is 16.5. The fraction of sp³-hybridized carbons (Fsp3) is 0.0909. The molecular formula is C22H19NO3. The number of para-hydroxylation sites is 2. The Morgan fingerprint density at radius 2 is 1.15 bits per heavy atom. The minimum Gasteiger partial charge on any atom is -0.468 e. The molecule has 1 amide bonds. The maximum absolute atomic E-state index is 13.5. The lowest BCUT2D eigenvalue weighted by molar-refractivity contribution is -0.145. The first kappa shape index (κ1) is 17.4. The van der Waals surface area contributed by atoms with Gasteiger partial charge in [0.05, 0.1) is 7.11 Å². The summed E-state index contributed by atoms with van der Waals surface area (Å²) in [5, 5.41) is 0. The number of nitrogens with zero attached hydrogens (tertiary/aromatic N) is 1. The van der Waals surface area contributed by atoms with Gasteiger partial charge in [-0.3, -0.25) is 14.5 Å². The molecule has 1 atom stereocenters. The van der Waals surface area contributed by atoms with Crippen LogP contribution in [0.4, 0.5) is 11.4 Å². The lowest BCUT2D eigenvalue weighted by Crippen LogP contribution is -2.35. The highest BCUT2D eigenvalue weighted by Gasteiger charge is 2.34. The Labute approximate surface area is 152 Å². The molecule has 26 heavy (non-hydrogen) atoms. The highest BCUT2D eigenvalue weighted by molar-refractivity contribution is 6.13. The molecule has 0 spiro atoms. The average molecular weight is 345 g/mol. The van der Waals surface area contributed by atoms with Crippen molar-refractivity contribution >= 4 is 23.3 Å². The smallest absolute Gasteiger partial charge is 0.322 e. The van der Waals surface area contributed by atoms with Crippen LogP contribution in [0.3, 0.4) is 0 Å². The molecule has 0 N–H and O–H groups in total. The molecule has 0 aliphatic carbocycles. The zero-order valence-corrected chi connectivity index (χ0v) is 14.4. The number of esters is 1. The van der Waals surface area contributed by atoms with Crippen LogP contribution in [-0.4, -0.2) is 19.0 Å². The molecule has 0 fully saturated rings. The summed E-state index contributed by atoms with van der Waals surface area (Å²) in [5.41, 5.74) is 1.98. The van der Waals surface area contributed by atoms with Crippen molar-refractivity contribution in [3.63, 3.8) is 0 Å². The number of ether oxygens (including phenoxy) is 1. The van der Waals surface area contributed by atoms with Crippen LogP contribution in [0.2, 0.25) is 0 Å². The molecular weight excluding hydrogens is 326 g/mol. The minimum atomic E-state index is -1.04. The number of carbonyl (C=O) groups is 2. The molecule has 4 heteroatoms. The molecule has 0 heterocycles. The van der Waals surface area contributed by atoms with Crippen LogP contribution in [0, 0.1) is 0 Å². The molecule has 0 aromatic heterocycles. The van der Waals surface area contributed by atoms with E-state index in [0.29, 0.717) is 16.9 Å². The predicted octanol–water partition coefficient (Wildman–Crippen LogP) is 4.31. The van der Waals surface area contributed by atoms with Gasteiger partial charge in [0.15, 0.2) is 5.92 Å². The Morgan fingerprint density at radius 3 is 1.58 bits per heavy atom. The number of benzene rings is 3. The van der Waals surface area contributed by atoms with Gasteiger partial charge in [-0.25, -0.2) is 0 Å². The standard InChI is InChI=1S/C22H19NO3/c1-26-22(25)20(17-11-5-2-6-12-17)21(24)23(18-13-7-3-8-14-18)19-15-9-4-10-16-19/h2-16,20H,1H3/t20-/m1/s1. The van der Waals surface area contributed by atoms with Gasteiger partial charge in [-0.2, -0.15) is 0 Å². The van der Waals surface area contributed by atoms with E-state index in [9.17, 15) is 9.59 Å². The summed E-state index contributed by atoms with van der Waals surface area (Å²) in [6.07, 6.45) is 0. The average Bonchev–Trinajstić information content (AvgIpc) is 2.71. The Balaban J connectivity index is 2.10. The second-order valence-corrected chi connectivity index (χ2v) is 5.71. The van der Waals surface area contributed by atoms with E-state index in [0.717, 1.165) is 0 Å². The molecule has 3 aromatic carbocycles. The van der Waals surface area contributed by atoms with Crippen molar-refractivity contribution in [3.8, 4) is 0 Å². The molecule has 3 aromatic rings. The fourth-order valence-corrected chi connectivity index (χ4v) is 2.83. The van der Waals surface area contributed by atoms with Crippen molar-refractivity contribution in [3.05, 3.63) is 96.6 Å². The Kier molecular flexibility index (Phi) is 5.44. The SMILES string of the molecule is COC(=O)[C@@H](C(=O)N(c1ccccc1)c1ccccc1)c1ccccc1. The lowest BCUT2D eigenvalue weighted by atomic mass is 9.97. The van der Waals surface area contributed by atoms with Gasteiger partial charge in [0.25, 0.3) is 0 Å². The van der Waals surface area contributed by atoms with Crippen molar-refractivity contribution in [1.29, 1.82) is 0 Å². The topological polar surface area (TPSA) is 46.6 Å². The molecule has 0 radical (unpaired) electrons.